The largest absolute Gasteiger partial charge is 0.508 e. The predicted molar refractivity (Wildman–Crippen MR) is 158 cm³/mol. The van der Waals surface area contributed by atoms with Crippen LogP contribution < -0.4 is 4.74 Å². The minimum Gasteiger partial charge on any atom is -0.508 e. The summed E-state index contributed by atoms with van der Waals surface area (Å²) in [5.74, 6) is -0.930. The van der Waals surface area contributed by atoms with Gasteiger partial charge in [-0.25, -0.2) is 4.79 Å². The number of hydrogen-bond donors (Lipinski definition) is 2. The van der Waals surface area contributed by atoms with Crippen LogP contribution in [0, 0.1) is 6.92 Å². The van der Waals surface area contributed by atoms with Gasteiger partial charge >= 0.3 is 5.97 Å². The van der Waals surface area contributed by atoms with Crippen molar-refractivity contribution in [3.05, 3.63) is 137 Å². The summed E-state index contributed by atoms with van der Waals surface area (Å²) in [6, 6.07) is 25.5. The molecule has 5 nitrogen and oxygen atoms in total. The number of phenols is 1. The van der Waals surface area contributed by atoms with Crippen molar-refractivity contribution in [1.82, 2.24) is 0 Å². The number of aromatic hydroxyl groups is 1. The second-order valence-corrected chi connectivity index (χ2v) is 11.1. The fourth-order valence-corrected chi connectivity index (χ4v) is 4.79. The highest BCUT2D eigenvalue weighted by Crippen LogP contribution is 2.39. The van der Waals surface area contributed by atoms with Crippen molar-refractivity contribution in [1.29, 1.82) is 0 Å². The highest BCUT2D eigenvalue weighted by molar-refractivity contribution is 6.06. The summed E-state index contributed by atoms with van der Waals surface area (Å²) in [5.41, 5.74) is 4.21. The van der Waals surface area contributed by atoms with Crippen molar-refractivity contribution in [3.8, 4) is 17.2 Å². The number of carboxylic acid groups (broad SMARTS) is 1. The summed E-state index contributed by atoms with van der Waals surface area (Å²) in [4.78, 5) is 25.3. The SMILES string of the molecule is C=CC(=O)c1cc(C(C)(C)c2ccc(C)cc2)ccc1Oc1ccc(C(C)(C)c2ccc(O)cc2)cc1C(=O)O. The summed E-state index contributed by atoms with van der Waals surface area (Å²) < 4.78 is 6.12. The Morgan fingerprint density at radius 1 is 0.700 bits per heavy atom. The van der Waals surface area contributed by atoms with Crippen molar-refractivity contribution < 1.29 is 24.5 Å². The van der Waals surface area contributed by atoms with Gasteiger partial charge in [-0.2, -0.15) is 0 Å². The molecule has 0 aliphatic heterocycles. The Kier molecular flexibility index (Phi) is 7.70. The van der Waals surface area contributed by atoms with Gasteiger partial charge in [-0.3, -0.25) is 4.79 Å². The minimum absolute atomic E-state index is 0.0228. The van der Waals surface area contributed by atoms with E-state index < -0.39 is 16.8 Å². The van der Waals surface area contributed by atoms with Crippen molar-refractivity contribution in [2.24, 2.45) is 0 Å². The highest BCUT2D eigenvalue weighted by Gasteiger charge is 2.28. The van der Waals surface area contributed by atoms with Gasteiger partial charge in [0.25, 0.3) is 0 Å². The van der Waals surface area contributed by atoms with E-state index in [9.17, 15) is 19.8 Å². The smallest absolute Gasteiger partial charge is 0.339 e. The number of carbonyl (C=O) groups excluding carboxylic acids is 1. The van der Waals surface area contributed by atoms with Gasteiger partial charge in [-0.05, 0) is 71.7 Å². The van der Waals surface area contributed by atoms with Gasteiger partial charge in [0.15, 0.2) is 5.78 Å². The standard InChI is InChI=1S/C35H34O5/c1-7-30(37)28-20-25(34(3,4)23-10-8-22(2)9-11-23)14-18-31(28)40-32-19-15-26(21-29(32)33(38)39)35(5,6)24-12-16-27(36)17-13-24/h7-21,36H,1H2,2-6H3,(H,38,39). The van der Waals surface area contributed by atoms with E-state index in [0.29, 0.717) is 5.56 Å². The van der Waals surface area contributed by atoms with Crippen LogP contribution in [0.5, 0.6) is 17.2 Å². The number of aromatic carboxylic acids is 1. The van der Waals surface area contributed by atoms with Gasteiger partial charge in [-0.1, -0.05) is 88.4 Å². The maximum absolute atomic E-state index is 12.9. The predicted octanol–water partition coefficient (Wildman–Crippen LogP) is 8.21. The Bertz CT molecular complexity index is 1580. The number of hydrogen-bond acceptors (Lipinski definition) is 4. The number of carbonyl (C=O) groups is 2. The second kappa shape index (κ2) is 10.9. The third kappa shape index (κ3) is 5.55. The van der Waals surface area contributed by atoms with Crippen LogP contribution in [0.1, 0.15) is 76.2 Å². The van der Waals surface area contributed by atoms with Crippen LogP contribution in [0.25, 0.3) is 0 Å². The molecule has 0 radical (unpaired) electrons. The molecule has 0 fully saturated rings. The van der Waals surface area contributed by atoms with Crippen LogP contribution in [0.2, 0.25) is 0 Å². The van der Waals surface area contributed by atoms with E-state index >= 15 is 0 Å². The molecule has 4 aromatic rings. The van der Waals surface area contributed by atoms with Crippen LogP contribution in [-0.2, 0) is 10.8 Å². The van der Waals surface area contributed by atoms with E-state index in [4.69, 9.17) is 4.74 Å². The molecule has 0 aromatic heterocycles. The van der Waals surface area contributed by atoms with Gasteiger partial charge in [0.1, 0.15) is 22.8 Å². The Morgan fingerprint density at radius 3 is 1.60 bits per heavy atom. The molecule has 0 aliphatic carbocycles. The summed E-state index contributed by atoms with van der Waals surface area (Å²) in [7, 11) is 0. The number of rotatable bonds is 9. The van der Waals surface area contributed by atoms with Crippen molar-refractivity contribution in [3.63, 3.8) is 0 Å². The minimum atomic E-state index is -1.15. The van der Waals surface area contributed by atoms with Crippen molar-refractivity contribution in [2.45, 2.75) is 45.4 Å². The molecule has 0 saturated carbocycles. The second-order valence-electron chi connectivity index (χ2n) is 11.1. The molecule has 0 heterocycles. The van der Waals surface area contributed by atoms with Gasteiger partial charge in [0, 0.05) is 10.8 Å². The third-order valence-electron chi connectivity index (χ3n) is 7.67. The molecular formula is C35H34O5. The van der Waals surface area contributed by atoms with E-state index in [1.165, 1.54) is 6.08 Å². The zero-order valence-electron chi connectivity index (χ0n) is 23.5. The van der Waals surface area contributed by atoms with Crippen molar-refractivity contribution >= 4 is 11.8 Å². The zero-order valence-corrected chi connectivity index (χ0v) is 23.5. The van der Waals surface area contributed by atoms with E-state index in [1.54, 1.807) is 36.4 Å². The first kappa shape index (κ1) is 28.4. The van der Waals surface area contributed by atoms with E-state index in [-0.39, 0.29) is 28.6 Å². The molecule has 5 heteroatoms. The molecule has 0 aliphatic rings. The Labute approximate surface area is 235 Å². The number of ketones is 1. The van der Waals surface area contributed by atoms with Crippen LogP contribution in [0.4, 0.5) is 0 Å². The van der Waals surface area contributed by atoms with Crippen LogP contribution in [0.15, 0.2) is 97.6 Å². The lowest BCUT2D eigenvalue weighted by molar-refractivity contribution is 0.0694. The lowest BCUT2D eigenvalue weighted by Gasteiger charge is -2.28. The number of aryl methyl sites for hydroxylation is 1. The molecule has 204 valence electrons. The Hall–Kier alpha value is -4.64. The lowest BCUT2D eigenvalue weighted by Crippen LogP contribution is -2.20. The normalized spacial score (nSPS) is 11.6. The van der Waals surface area contributed by atoms with Gasteiger partial charge in [-0.15, -0.1) is 0 Å². The molecule has 2 N–H and O–H groups in total. The first-order chi connectivity index (χ1) is 18.8. The fraction of sp³-hybridized carbons (Fsp3) is 0.200. The monoisotopic (exact) mass is 534 g/mol. The molecule has 0 unspecified atom stereocenters. The van der Waals surface area contributed by atoms with E-state index in [1.807, 2.05) is 45.0 Å². The Morgan fingerprint density at radius 2 is 1.12 bits per heavy atom. The number of allylic oxidation sites excluding steroid dienone is 1. The molecule has 0 spiro atoms. The summed E-state index contributed by atoms with van der Waals surface area (Å²) >= 11 is 0. The van der Waals surface area contributed by atoms with Crippen LogP contribution in [0.3, 0.4) is 0 Å². The Balaban J connectivity index is 1.74. The number of carboxylic acids is 1. The molecule has 0 atom stereocenters. The number of phenolic OH excluding ortho intramolecular Hbond substituents is 1. The molecule has 0 amide bonds. The molecule has 4 rings (SSSR count). The quantitative estimate of drug-likeness (QED) is 0.167. The first-order valence-corrected chi connectivity index (χ1v) is 13.1. The fourth-order valence-electron chi connectivity index (χ4n) is 4.79. The van der Waals surface area contributed by atoms with Gasteiger partial charge in [0.05, 0.1) is 5.56 Å². The van der Waals surface area contributed by atoms with Crippen LogP contribution >= 0.6 is 0 Å². The number of ether oxygens (including phenoxy) is 1. The van der Waals surface area contributed by atoms with E-state index in [2.05, 4.69) is 44.7 Å². The highest BCUT2D eigenvalue weighted by atomic mass is 16.5. The van der Waals surface area contributed by atoms with E-state index in [0.717, 1.165) is 27.8 Å². The maximum atomic E-state index is 12.9. The average Bonchev–Trinajstić information content (AvgIpc) is 2.93. The van der Waals surface area contributed by atoms with Gasteiger partial charge in [0.2, 0.25) is 0 Å². The number of benzene rings is 4. The van der Waals surface area contributed by atoms with Crippen molar-refractivity contribution in [2.75, 3.05) is 0 Å². The average molecular weight is 535 g/mol. The van der Waals surface area contributed by atoms with Gasteiger partial charge < -0.3 is 14.9 Å². The molecular weight excluding hydrogens is 500 g/mol. The topological polar surface area (TPSA) is 83.8 Å². The summed E-state index contributed by atoms with van der Waals surface area (Å²) in [6.45, 7) is 13.8. The third-order valence-corrected chi connectivity index (χ3v) is 7.67. The lowest BCUT2D eigenvalue weighted by atomic mass is 9.77. The molecule has 40 heavy (non-hydrogen) atoms. The van der Waals surface area contributed by atoms with Crippen LogP contribution in [-0.4, -0.2) is 22.0 Å². The molecule has 0 saturated heterocycles. The molecule has 0 bridgehead atoms. The summed E-state index contributed by atoms with van der Waals surface area (Å²) in [6.07, 6.45) is 1.23. The zero-order chi connectivity index (χ0) is 29.2. The molecule has 4 aromatic carbocycles. The maximum Gasteiger partial charge on any atom is 0.339 e. The summed E-state index contributed by atoms with van der Waals surface area (Å²) in [5, 5.41) is 19.7. The first-order valence-electron chi connectivity index (χ1n) is 13.1.